The van der Waals surface area contributed by atoms with Crippen LogP contribution in [0.1, 0.15) is 5.82 Å². The zero-order chi connectivity index (χ0) is 16.4. The normalized spacial score (nSPS) is 18.4. The van der Waals surface area contributed by atoms with Crippen LogP contribution in [0.2, 0.25) is 0 Å². The van der Waals surface area contributed by atoms with Crippen LogP contribution in [0.15, 0.2) is 24.3 Å². The van der Waals surface area contributed by atoms with E-state index in [9.17, 15) is 18.3 Å². The molecule has 2 N–H and O–H groups in total. The summed E-state index contributed by atoms with van der Waals surface area (Å²) < 4.78 is 45.9. The van der Waals surface area contributed by atoms with Gasteiger partial charge in [0.2, 0.25) is 5.82 Å². The first-order chi connectivity index (χ1) is 10.9. The summed E-state index contributed by atoms with van der Waals surface area (Å²) >= 11 is 0. The summed E-state index contributed by atoms with van der Waals surface area (Å²) in [5.74, 6) is -0.963. The lowest BCUT2D eigenvalue weighted by Gasteiger charge is -2.26. The highest BCUT2D eigenvalue weighted by atomic mass is 19.4. The largest absolute Gasteiger partial charge is 0.449 e. The summed E-state index contributed by atoms with van der Waals surface area (Å²) in [6.07, 6.45) is -5.42. The van der Waals surface area contributed by atoms with Crippen molar-refractivity contribution in [2.45, 2.75) is 18.8 Å². The van der Waals surface area contributed by atoms with Crippen LogP contribution < -0.4 is 4.90 Å². The average molecular weight is 330 g/mol. The summed E-state index contributed by atoms with van der Waals surface area (Å²) in [6, 6.07) is 6.45. The molecule has 0 spiro atoms. The lowest BCUT2D eigenvalue weighted by Crippen LogP contribution is -3.15. The van der Waals surface area contributed by atoms with Gasteiger partial charge < -0.3 is 19.3 Å². The van der Waals surface area contributed by atoms with Gasteiger partial charge in [-0.25, -0.2) is 4.98 Å². The Bertz CT molecular complexity index is 666. The van der Waals surface area contributed by atoms with E-state index in [4.69, 9.17) is 4.74 Å². The number of fused-ring (bicyclic) bond motifs is 1. The minimum atomic E-state index is -4.55. The Morgan fingerprint density at radius 1 is 1.26 bits per heavy atom. The van der Waals surface area contributed by atoms with E-state index in [0.717, 1.165) is 22.6 Å². The van der Waals surface area contributed by atoms with Gasteiger partial charge in [-0.1, -0.05) is 12.1 Å². The van der Waals surface area contributed by atoms with E-state index in [0.29, 0.717) is 25.3 Å². The Kier molecular flexibility index (Phi) is 4.56. The summed E-state index contributed by atoms with van der Waals surface area (Å²) in [5, 5.41) is 10.2. The number of aliphatic hydroxyl groups excluding tert-OH is 1. The fourth-order valence-corrected chi connectivity index (χ4v) is 2.95. The summed E-state index contributed by atoms with van der Waals surface area (Å²) in [5.41, 5.74) is 0.668. The maximum atomic E-state index is 13.2. The second-order valence-corrected chi connectivity index (χ2v) is 5.75. The topological polar surface area (TPSA) is 51.7 Å². The summed E-state index contributed by atoms with van der Waals surface area (Å²) in [4.78, 5) is 4.82. The molecule has 1 fully saturated rings. The van der Waals surface area contributed by atoms with Gasteiger partial charge in [0.05, 0.1) is 30.8 Å². The first kappa shape index (κ1) is 16.2. The van der Waals surface area contributed by atoms with Gasteiger partial charge >= 0.3 is 6.18 Å². The fourth-order valence-electron chi connectivity index (χ4n) is 2.95. The minimum absolute atomic E-state index is 0.125. The number of alkyl halides is 3. The number of imidazole rings is 1. The quantitative estimate of drug-likeness (QED) is 0.850. The molecule has 0 aliphatic carbocycles. The zero-order valence-corrected chi connectivity index (χ0v) is 12.5. The number of benzene rings is 1. The van der Waals surface area contributed by atoms with Crippen molar-refractivity contribution in [3.63, 3.8) is 0 Å². The first-order valence-electron chi connectivity index (χ1n) is 7.57. The molecule has 5 nitrogen and oxygen atoms in total. The highest BCUT2D eigenvalue weighted by molar-refractivity contribution is 5.76. The van der Waals surface area contributed by atoms with E-state index >= 15 is 0 Å². The third-order valence-corrected chi connectivity index (χ3v) is 4.03. The summed E-state index contributed by atoms with van der Waals surface area (Å²) in [6.45, 7) is 3.02. The number of morpholine rings is 1. The highest BCUT2D eigenvalue weighted by Crippen LogP contribution is 2.31. The number of aromatic nitrogens is 2. The van der Waals surface area contributed by atoms with Gasteiger partial charge in [0.25, 0.3) is 0 Å². The van der Waals surface area contributed by atoms with Crippen LogP contribution in [-0.4, -0.2) is 53.6 Å². The number of ether oxygens (including phenoxy) is 1. The van der Waals surface area contributed by atoms with Gasteiger partial charge in [0, 0.05) is 0 Å². The molecule has 0 bridgehead atoms. The van der Waals surface area contributed by atoms with Crippen molar-refractivity contribution in [1.82, 2.24) is 9.55 Å². The molecule has 1 aromatic heterocycles. The second kappa shape index (κ2) is 6.46. The first-order valence-corrected chi connectivity index (χ1v) is 7.57. The molecule has 0 radical (unpaired) electrons. The molecular weight excluding hydrogens is 311 g/mol. The monoisotopic (exact) mass is 330 g/mol. The Morgan fingerprint density at radius 3 is 2.65 bits per heavy atom. The molecule has 1 unspecified atom stereocenters. The van der Waals surface area contributed by atoms with Crippen molar-refractivity contribution in [3.05, 3.63) is 30.1 Å². The molecule has 1 saturated heterocycles. The lowest BCUT2D eigenvalue weighted by atomic mass is 10.2. The molecule has 0 saturated carbocycles. The lowest BCUT2D eigenvalue weighted by molar-refractivity contribution is -0.911. The van der Waals surface area contributed by atoms with Crippen LogP contribution in [0.5, 0.6) is 0 Å². The van der Waals surface area contributed by atoms with Gasteiger partial charge in [-0.2, -0.15) is 13.2 Å². The third-order valence-electron chi connectivity index (χ3n) is 4.03. The van der Waals surface area contributed by atoms with Crippen molar-refractivity contribution in [2.24, 2.45) is 0 Å². The maximum absolute atomic E-state index is 13.2. The molecule has 0 amide bonds. The standard InChI is InChI=1S/C15H18F3N3O2/c16-15(17,18)14-19-12-3-1-2-4-13(12)21(14)10-11(22)9-20-5-7-23-8-6-20/h1-4,11,22H,5-10H2/p+1. The molecule has 126 valence electrons. The number of hydrogen-bond donors (Lipinski definition) is 2. The second-order valence-electron chi connectivity index (χ2n) is 5.75. The Morgan fingerprint density at radius 2 is 1.96 bits per heavy atom. The van der Waals surface area contributed by atoms with Crippen molar-refractivity contribution in [2.75, 3.05) is 32.8 Å². The molecule has 2 heterocycles. The molecular formula is C15H19F3N3O2+. The number of halogens is 3. The van der Waals surface area contributed by atoms with Gasteiger partial charge in [-0.15, -0.1) is 0 Å². The van der Waals surface area contributed by atoms with E-state index < -0.39 is 18.1 Å². The predicted molar refractivity (Wildman–Crippen MR) is 77.1 cm³/mol. The van der Waals surface area contributed by atoms with E-state index in [1.165, 1.54) is 0 Å². The molecule has 1 aromatic carbocycles. The number of para-hydroxylation sites is 2. The van der Waals surface area contributed by atoms with Crippen molar-refractivity contribution in [3.8, 4) is 0 Å². The molecule has 8 heteroatoms. The van der Waals surface area contributed by atoms with E-state index in [1.54, 1.807) is 24.3 Å². The molecule has 2 aromatic rings. The van der Waals surface area contributed by atoms with Crippen molar-refractivity contribution < 1.29 is 27.9 Å². The number of rotatable bonds is 4. The molecule has 23 heavy (non-hydrogen) atoms. The number of nitrogens with zero attached hydrogens (tertiary/aromatic N) is 2. The zero-order valence-electron chi connectivity index (χ0n) is 12.5. The predicted octanol–water partition coefficient (Wildman–Crippen LogP) is 0.331. The summed E-state index contributed by atoms with van der Waals surface area (Å²) in [7, 11) is 0. The van der Waals surface area contributed by atoms with E-state index in [-0.39, 0.29) is 12.1 Å². The van der Waals surface area contributed by atoms with Gasteiger partial charge in [-0.05, 0) is 12.1 Å². The van der Waals surface area contributed by atoms with Crippen LogP contribution >= 0.6 is 0 Å². The van der Waals surface area contributed by atoms with Gasteiger partial charge in [0.1, 0.15) is 25.7 Å². The fraction of sp³-hybridized carbons (Fsp3) is 0.533. The Labute approximate surface area is 131 Å². The van der Waals surface area contributed by atoms with Gasteiger partial charge in [-0.3, -0.25) is 0 Å². The van der Waals surface area contributed by atoms with Crippen LogP contribution in [-0.2, 0) is 17.5 Å². The highest BCUT2D eigenvalue weighted by Gasteiger charge is 2.38. The van der Waals surface area contributed by atoms with E-state index in [1.807, 2.05) is 0 Å². The maximum Gasteiger partial charge on any atom is 0.449 e. The molecule has 3 rings (SSSR count). The van der Waals surface area contributed by atoms with Crippen LogP contribution in [0.4, 0.5) is 13.2 Å². The van der Waals surface area contributed by atoms with Crippen molar-refractivity contribution >= 4 is 11.0 Å². The molecule has 1 atom stereocenters. The molecule has 1 aliphatic heterocycles. The smallest absolute Gasteiger partial charge is 0.385 e. The Balaban J connectivity index is 1.83. The van der Waals surface area contributed by atoms with Crippen LogP contribution in [0.25, 0.3) is 11.0 Å². The van der Waals surface area contributed by atoms with Gasteiger partial charge in [0.15, 0.2) is 0 Å². The number of hydrogen-bond acceptors (Lipinski definition) is 3. The van der Waals surface area contributed by atoms with Crippen molar-refractivity contribution in [1.29, 1.82) is 0 Å². The third kappa shape index (κ3) is 3.65. The minimum Gasteiger partial charge on any atom is -0.385 e. The number of nitrogens with one attached hydrogen (secondary N) is 1. The Hall–Kier alpha value is -1.64. The van der Waals surface area contributed by atoms with E-state index in [2.05, 4.69) is 4.98 Å². The van der Waals surface area contributed by atoms with Crippen LogP contribution in [0, 0.1) is 0 Å². The average Bonchev–Trinajstić information content (AvgIpc) is 2.87. The number of quaternary nitrogens is 1. The van der Waals surface area contributed by atoms with Crippen LogP contribution in [0.3, 0.4) is 0 Å². The number of aliphatic hydroxyl groups is 1. The molecule has 1 aliphatic rings. The SMILES string of the molecule is OC(Cn1c(C(F)(F)F)nc2ccccc21)C[NH+]1CCOCC1.